The van der Waals surface area contributed by atoms with E-state index in [1.54, 1.807) is 13.0 Å². The van der Waals surface area contributed by atoms with Crippen molar-refractivity contribution in [1.29, 1.82) is 0 Å². The summed E-state index contributed by atoms with van der Waals surface area (Å²) in [6.45, 7) is 5.74. The summed E-state index contributed by atoms with van der Waals surface area (Å²) in [5.74, 6) is 0. The van der Waals surface area contributed by atoms with Crippen LogP contribution in [-0.4, -0.2) is 14.5 Å². The van der Waals surface area contributed by atoms with Crippen molar-refractivity contribution in [3.8, 4) is 0 Å². The number of hydrogen-bond donors (Lipinski definition) is 2. The maximum Gasteiger partial charge on any atom is 0.241 e. The number of rotatable bonds is 5. The molecule has 0 saturated carbocycles. The van der Waals surface area contributed by atoms with E-state index >= 15 is 0 Å². The highest BCUT2D eigenvalue weighted by molar-refractivity contribution is 7.89. The molecule has 0 amide bonds. The molecule has 0 heterocycles. The van der Waals surface area contributed by atoms with Crippen LogP contribution in [0.5, 0.6) is 0 Å². The largest absolute Gasteiger partial charge is 0.326 e. The predicted octanol–water partition coefficient (Wildman–Crippen LogP) is 2.18. The fourth-order valence-electron chi connectivity index (χ4n) is 1.61. The van der Waals surface area contributed by atoms with Gasteiger partial charge < -0.3 is 5.73 Å². The highest BCUT2D eigenvalue weighted by atomic mass is 35.5. The van der Waals surface area contributed by atoms with Gasteiger partial charge in [-0.25, -0.2) is 13.1 Å². The van der Waals surface area contributed by atoms with Crippen LogP contribution in [0.3, 0.4) is 0 Å². The zero-order valence-electron chi connectivity index (χ0n) is 10.8. The van der Waals surface area contributed by atoms with Crippen LogP contribution >= 0.6 is 11.6 Å². The first-order chi connectivity index (χ1) is 8.31. The van der Waals surface area contributed by atoms with Crippen molar-refractivity contribution in [2.45, 2.75) is 44.7 Å². The Morgan fingerprint density at radius 3 is 2.56 bits per heavy atom. The van der Waals surface area contributed by atoms with E-state index in [1.165, 1.54) is 6.07 Å². The van der Waals surface area contributed by atoms with Gasteiger partial charge in [0.25, 0.3) is 0 Å². The minimum Gasteiger partial charge on any atom is -0.326 e. The average molecular weight is 291 g/mol. The standard InChI is InChI=1S/C12H19ClN2O2S/c1-4-8(2)15-18(16,17)12-6-11(13)5-10(7-14)9(12)3/h5-6,8,15H,4,7,14H2,1-3H3. The Labute approximate surface area is 114 Å². The van der Waals surface area contributed by atoms with Crippen LogP contribution in [0, 0.1) is 6.92 Å². The third kappa shape index (κ3) is 3.45. The summed E-state index contributed by atoms with van der Waals surface area (Å²) < 4.78 is 27.1. The predicted molar refractivity (Wildman–Crippen MR) is 74.2 cm³/mol. The quantitative estimate of drug-likeness (QED) is 0.873. The number of nitrogens with one attached hydrogen (secondary N) is 1. The van der Waals surface area contributed by atoms with Crippen molar-refractivity contribution >= 4 is 21.6 Å². The second-order valence-corrected chi connectivity index (χ2v) is 6.44. The molecule has 3 N–H and O–H groups in total. The van der Waals surface area contributed by atoms with Crippen LogP contribution in [-0.2, 0) is 16.6 Å². The number of halogens is 1. The molecule has 18 heavy (non-hydrogen) atoms. The Morgan fingerprint density at radius 2 is 2.06 bits per heavy atom. The van der Waals surface area contributed by atoms with Gasteiger partial charge in [-0.3, -0.25) is 0 Å². The lowest BCUT2D eigenvalue weighted by Gasteiger charge is -2.15. The number of nitrogens with two attached hydrogens (primary N) is 1. The first kappa shape index (κ1) is 15.4. The summed E-state index contributed by atoms with van der Waals surface area (Å²) in [4.78, 5) is 0.204. The molecule has 0 radical (unpaired) electrons. The van der Waals surface area contributed by atoms with Crippen molar-refractivity contribution < 1.29 is 8.42 Å². The van der Waals surface area contributed by atoms with Crippen molar-refractivity contribution in [1.82, 2.24) is 4.72 Å². The van der Waals surface area contributed by atoms with Crippen molar-refractivity contribution in [2.24, 2.45) is 5.73 Å². The summed E-state index contributed by atoms with van der Waals surface area (Å²) in [7, 11) is -3.55. The smallest absolute Gasteiger partial charge is 0.241 e. The van der Waals surface area contributed by atoms with E-state index in [0.717, 1.165) is 12.0 Å². The van der Waals surface area contributed by atoms with Crippen molar-refractivity contribution in [3.63, 3.8) is 0 Å². The lowest BCUT2D eigenvalue weighted by molar-refractivity contribution is 0.555. The van der Waals surface area contributed by atoms with Gasteiger partial charge in [0.2, 0.25) is 10.0 Å². The maximum absolute atomic E-state index is 12.2. The van der Waals surface area contributed by atoms with Crippen LogP contribution < -0.4 is 10.5 Å². The van der Waals surface area contributed by atoms with Gasteiger partial charge in [-0.15, -0.1) is 0 Å². The van der Waals surface area contributed by atoms with Gasteiger partial charge in [-0.05, 0) is 43.5 Å². The molecule has 6 heteroatoms. The SMILES string of the molecule is CCC(C)NS(=O)(=O)c1cc(Cl)cc(CN)c1C. The average Bonchev–Trinajstić information content (AvgIpc) is 2.30. The second kappa shape index (κ2) is 6.02. The van der Waals surface area contributed by atoms with Gasteiger partial charge in [0.1, 0.15) is 0 Å². The van der Waals surface area contributed by atoms with Crippen LogP contribution in [0.4, 0.5) is 0 Å². The maximum atomic E-state index is 12.2. The zero-order chi connectivity index (χ0) is 13.9. The molecule has 1 unspecified atom stereocenters. The summed E-state index contributed by atoms with van der Waals surface area (Å²) in [5.41, 5.74) is 6.98. The third-order valence-corrected chi connectivity index (χ3v) is 4.84. The lowest BCUT2D eigenvalue weighted by Crippen LogP contribution is -2.32. The molecular weight excluding hydrogens is 272 g/mol. The van der Waals surface area contributed by atoms with Crippen LogP contribution in [0.2, 0.25) is 5.02 Å². The molecule has 4 nitrogen and oxygen atoms in total. The highest BCUT2D eigenvalue weighted by Crippen LogP contribution is 2.24. The molecule has 0 aromatic heterocycles. The van der Waals surface area contributed by atoms with Gasteiger partial charge in [-0.1, -0.05) is 18.5 Å². The number of sulfonamides is 1. The summed E-state index contributed by atoms with van der Waals surface area (Å²) in [6, 6.07) is 3.04. The summed E-state index contributed by atoms with van der Waals surface area (Å²) in [5, 5.41) is 0.380. The number of hydrogen-bond acceptors (Lipinski definition) is 3. The van der Waals surface area contributed by atoms with E-state index in [2.05, 4.69) is 4.72 Å². The van der Waals surface area contributed by atoms with Crippen molar-refractivity contribution in [3.05, 3.63) is 28.3 Å². The van der Waals surface area contributed by atoms with Crippen LogP contribution in [0.25, 0.3) is 0 Å². The van der Waals surface area contributed by atoms with Gasteiger partial charge >= 0.3 is 0 Å². The molecule has 0 fully saturated rings. The molecule has 0 aliphatic carbocycles. The third-order valence-electron chi connectivity index (χ3n) is 2.91. The van der Waals surface area contributed by atoms with Crippen LogP contribution in [0.1, 0.15) is 31.4 Å². The molecule has 1 aromatic carbocycles. The van der Waals surface area contributed by atoms with Crippen molar-refractivity contribution in [2.75, 3.05) is 0 Å². The first-order valence-corrected chi connectivity index (χ1v) is 7.69. The van der Waals surface area contributed by atoms with E-state index < -0.39 is 10.0 Å². The molecule has 0 bridgehead atoms. The Morgan fingerprint density at radius 1 is 1.44 bits per heavy atom. The zero-order valence-corrected chi connectivity index (χ0v) is 12.4. The Bertz CT molecular complexity index is 529. The Balaban J connectivity index is 3.28. The Kier molecular flexibility index (Phi) is 5.16. The molecule has 102 valence electrons. The minimum atomic E-state index is -3.55. The molecule has 0 aliphatic heterocycles. The topological polar surface area (TPSA) is 72.2 Å². The fraction of sp³-hybridized carbons (Fsp3) is 0.500. The van der Waals surface area contributed by atoms with Gasteiger partial charge in [0, 0.05) is 17.6 Å². The summed E-state index contributed by atoms with van der Waals surface area (Å²) >= 11 is 5.93. The van der Waals surface area contributed by atoms with Gasteiger partial charge in [0.15, 0.2) is 0 Å². The highest BCUT2D eigenvalue weighted by Gasteiger charge is 2.20. The van der Waals surface area contributed by atoms with Gasteiger partial charge in [0.05, 0.1) is 4.90 Å². The van der Waals surface area contributed by atoms with Gasteiger partial charge in [-0.2, -0.15) is 0 Å². The Hall–Kier alpha value is -0.620. The molecule has 1 aromatic rings. The monoisotopic (exact) mass is 290 g/mol. The van der Waals surface area contributed by atoms with Crippen LogP contribution in [0.15, 0.2) is 17.0 Å². The molecule has 0 spiro atoms. The lowest BCUT2D eigenvalue weighted by atomic mass is 10.1. The fourth-order valence-corrected chi connectivity index (χ4v) is 3.56. The molecule has 0 aliphatic rings. The molecular formula is C12H19ClN2O2S. The second-order valence-electron chi connectivity index (χ2n) is 4.32. The van der Waals surface area contributed by atoms with E-state index in [4.69, 9.17) is 17.3 Å². The first-order valence-electron chi connectivity index (χ1n) is 5.83. The van der Waals surface area contributed by atoms with E-state index in [1.807, 2.05) is 13.8 Å². The molecule has 1 rings (SSSR count). The summed E-state index contributed by atoms with van der Waals surface area (Å²) in [6.07, 6.45) is 0.725. The molecule has 1 atom stereocenters. The van der Waals surface area contributed by atoms with E-state index in [0.29, 0.717) is 10.6 Å². The minimum absolute atomic E-state index is 0.116. The molecule has 0 saturated heterocycles. The van der Waals surface area contributed by atoms with E-state index in [9.17, 15) is 8.42 Å². The normalized spacial score (nSPS) is 13.6. The van der Waals surface area contributed by atoms with E-state index in [-0.39, 0.29) is 17.5 Å². The number of benzene rings is 1.